The number of morpholine rings is 1. The minimum absolute atomic E-state index is 0. The highest BCUT2D eigenvalue weighted by molar-refractivity contribution is 7.91. The largest absolute Gasteiger partial charge is 0.379 e. The van der Waals surface area contributed by atoms with Crippen molar-refractivity contribution in [1.82, 2.24) is 14.2 Å². The van der Waals surface area contributed by atoms with Crippen LogP contribution in [0.15, 0.2) is 52.3 Å². The van der Waals surface area contributed by atoms with Gasteiger partial charge in [0.1, 0.15) is 5.52 Å². The molecular formula is C26H35ClN4O6S3. The number of thiazole rings is 1. The normalized spacial score (nSPS) is 14.8. The molecule has 0 bridgehead atoms. The molecule has 40 heavy (non-hydrogen) atoms. The molecular weight excluding hydrogens is 596 g/mol. The second kappa shape index (κ2) is 13.7. The summed E-state index contributed by atoms with van der Waals surface area (Å²) in [5, 5.41) is 0.385. The van der Waals surface area contributed by atoms with E-state index in [2.05, 4.69) is 9.88 Å². The first-order valence-corrected chi connectivity index (χ1v) is 16.9. The molecule has 1 aromatic heterocycles. The number of anilines is 1. The van der Waals surface area contributed by atoms with Gasteiger partial charge in [-0.05, 0) is 42.8 Å². The van der Waals surface area contributed by atoms with E-state index in [1.165, 1.54) is 46.0 Å². The molecule has 0 N–H and O–H groups in total. The zero-order chi connectivity index (χ0) is 28.2. The number of sulfonamides is 1. The Labute approximate surface area is 246 Å². The molecule has 2 aromatic carbocycles. The van der Waals surface area contributed by atoms with E-state index in [0.717, 1.165) is 32.2 Å². The molecule has 0 spiro atoms. The maximum absolute atomic E-state index is 13.8. The smallest absolute Gasteiger partial charge is 0.260 e. The SMILES string of the molecule is CCCCN(C)S(=O)(=O)c1ccc(C(=O)N(CCN2CCOCC2)c2nc3c(S(C)(=O)=O)cccc3s2)cc1.Cl. The van der Waals surface area contributed by atoms with E-state index in [9.17, 15) is 21.6 Å². The van der Waals surface area contributed by atoms with Gasteiger partial charge in [0.15, 0.2) is 15.0 Å². The third-order valence-electron chi connectivity index (χ3n) is 6.63. The summed E-state index contributed by atoms with van der Waals surface area (Å²) < 4.78 is 57.9. The molecule has 1 aliphatic heterocycles. The molecule has 0 atom stereocenters. The zero-order valence-corrected chi connectivity index (χ0v) is 26.0. The number of aromatic nitrogens is 1. The number of ether oxygens (including phenoxy) is 1. The van der Waals surface area contributed by atoms with E-state index in [1.807, 2.05) is 6.92 Å². The number of para-hydroxylation sites is 1. The number of benzene rings is 2. The van der Waals surface area contributed by atoms with E-state index in [0.29, 0.717) is 53.8 Å². The van der Waals surface area contributed by atoms with Crippen LogP contribution in [0.1, 0.15) is 30.1 Å². The van der Waals surface area contributed by atoms with Crippen LogP contribution < -0.4 is 4.90 Å². The van der Waals surface area contributed by atoms with Crippen LogP contribution in [-0.2, 0) is 24.6 Å². The van der Waals surface area contributed by atoms with Crippen LogP contribution in [0.2, 0.25) is 0 Å². The Morgan fingerprint density at radius 3 is 2.35 bits per heavy atom. The summed E-state index contributed by atoms with van der Waals surface area (Å²) in [6.07, 6.45) is 2.77. The van der Waals surface area contributed by atoms with Crippen molar-refractivity contribution in [2.75, 3.05) is 64.1 Å². The van der Waals surface area contributed by atoms with Crippen LogP contribution in [0.25, 0.3) is 10.2 Å². The van der Waals surface area contributed by atoms with Crippen molar-refractivity contribution in [3.8, 4) is 0 Å². The van der Waals surface area contributed by atoms with E-state index in [4.69, 9.17) is 4.74 Å². The maximum Gasteiger partial charge on any atom is 0.260 e. The monoisotopic (exact) mass is 630 g/mol. The molecule has 0 aliphatic carbocycles. The molecule has 1 aliphatic rings. The van der Waals surface area contributed by atoms with Gasteiger partial charge in [-0.3, -0.25) is 14.6 Å². The van der Waals surface area contributed by atoms with E-state index >= 15 is 0 Å². The topological polar surface area (TPSA) is 117 Å². The van der Waals surface area contributed by atoms with Gasteiger partial charge in [-0.15, -0.1) is 12.4 Å². The molecule has 0 saturated carbocycles. The van der Waals surface area contributed by atoms with Gasteiger partial charge in [-0.2, -0.15) is 0 Å². The first-order chi connectivity index (χ1) is 18.5. The summed E-state index contributed by atoms with van der Waals surface area (Å²) in [6, 6.07) is 10.9. The van der Waals surface area contributed by atoms with Gasteiger partial charge in [0.25, 0.3) is 5.91 Å². The Hall–Kier alpha value is -2.13. The Morgan fingerprint density at radius 1 is 1.05 bits per heavy atom. The lowest BCUT2D eigenvalue weighted by atomic mass is 10.2. The third kappa shape index (κ3) is 7.38. The molecule has 10 nitrogen and oxygen atoms in total. The van der Waals surface area contributed by atoms with Crippen molar-refractivity contribution in [3.05, 3.63) is 48.0 Å². The number of unbranched alkanes of at least 4 members (excludes halogenated alkanes) is 1. The number of halogens is 1. The number of carbonyl (C=O) groups is 1. The fourth-order valence-corrected chi connectivity index (χ4v) is 7.41. The maximum atomic E-state index is 13.8. The predicted octanol–water partition coefficient (Wildman–Crippen LogP) is 3.52. The molecule has 2 heterocycles. The number of sulfone groups is 1. The van der Waals surface area contributed by atoms with Crippen LogP contribution in [0, 0.1) is 0 Å². The Morgan fingerprint density at radius 2 is 1.73 bits per heavy atom. The highest BCUT2D eigenvalue weighted by Gasteiger charge is 2.26. The molecule has 1 saturated heterocycles. The summed E-state index contributed by atoms with van der Waals surface area (Å²) in [4.78, 5) is 22.4. The van der Waals surface area contributed by atoms with Crippen molar-refractivity contribution in [2.24, 2.45) is 0 Å². The summed E-state index contributed by atoms with van der Waals surface area (Å²) in [5.74, 6) is -0.341. The highest BCUT2D eigenvalue weighted by Crippen LogP contribution is 2.33. The number of hydrogen-bond donors (Lipinski definition) is 0. The molecule has 220 valence electrons. The summed E-state index contributed by atoms with van der Waals surface area (Å²) in [5.41, 5.74) is 0.649. The third-order valence-corrected chi connectivity index (χ3v) is 10.7. The quantitative estimate of drug-likeness (QED) is 0.316. The lowest BCUT2D eigenvalue weighted by Gasteiger charge is -2.29. The number of carbonyl (C=O) groups excluding carboxylic acids is 1. The van der Waals surface area contributed by atoms with Crippen molar-refractivity contribution in [2.45, 2.75) is 29.6 Å². The van der Waals surface area contributed by atoms with Gasteiger partial charge in [-0.25, -0.2) is 26.1 Å². The van der Waals surface area contributed by atoms with Crippen LogP contribution in [0.4, 0.5) is 5.13 Å². The minimum atomic E-state index is -3.66. The van der Waals surface area contributed by atoms with E-state index < -0.39 is 19.9 Å². The van der Waals surface area contributed by atoms with Gasteiger partial charge < -0.3 is 4.74 Å². The van der Waals surface area contributed by atoms with E-state index in [1.54, 1.807) is 24.1 Å². The highest BCUT2D eigenvalue weighted by atomic mass is 35.5. The lowest BCUT2D eigenvalue weighted by molar-refractivity contribution is 0.0391. The molecule has 0 unspecified atom stereocenters. The first-order valence-electron chi connectivity index (χ1n) is 12.8. The summed E-state index contributed by atoms with van der Waals surface area (Å²) in [6.45, 7) is 6.06. The number of amides is 1. The Balaban J connectivity index is 0.00000441. The van der Waals surface area contributed by atoms with E-state index in [-0.39, 0.29) is 28.1 Å². The Kier molecular flexibility index (Phi) is 11.1. The number of fused-ring (bicyclic) bond motifs is 1. The fourth-order valence-electron chi connectivity index (χ4n) is 4.28. The molecule has 3 aromatic rings. The number of rotatable bonds is 11. The standard InChI is InChI=1S/C26H34N4O6S3.ClH/c1-4-5-13-28(2)39(34,35)21-11-9-20(10-12-21)25(31)30(15-14-29-16-18-36-19-17-29)26-27-24-22(37-26)7-6-8-23(24)38(3,32)33;/h6-12H,4-5,13-19H2,1-3H3;1H. The average Bonchev–Trinajstić information content (AvgIpc) is 3.35. The minimum Gasteiger partial charge on any atom is -0.379 e. The van der Waals surface area contributed by atoms with Gasteiger partial charge >= 0.3 is 0 Å². The Bertz CT molecular complexity index is 1520. The first kappa shape index (κ1) is 32.4. The van der Waals surface area contributed by atoms with Crippen LogP contribution >= 0.6 is 23.7 Å². The number of hydrogen-bond acceptors (Lipinski definition) is 9. The molecule has 1 fully saturated rings. The second-order valence-electron chi connectivity index (χ2n) is 9.49. The van der Waals surface area contributed by atoms with Crippen LogP contribution in [0.3, 0.4) is 0 Å². The zero-order valence-electron chi connectivity index (χ0n) is 22.8. The van der Waals surface area contributed by atoms with Crippen LogP contribution in [-0.4, -0.2) is 96.2 Å². The molecule has 0 radical (unpaired) electrons. The molecule has 4 rings (SSSR count). The van der Waals surface area contributed by atoms with Crippen molar-refractivity contribution in [1.29, 1.82) is 0 Å². The molecule has 14 heteroatoms. The average molecular weight is 631 g/mol. The van der Waals surface area contributed by atoms with Crippen molar-refractivity contribution >= 4 is 64.9 Å². The van der Waals surface area contributed by atoms with Crippen LogP contribution in [0.5, 0.6) is 0 Å². The second-order valence-corrected chi connectivity index (χ2v) is 14.5. The fraction of sp³-hybridized carbons (Fsp3) is 0.462. The van der Waals surface area contributed by atoms with Gasteiger partial charge in [-0.1, -0.05) is 30.7 Å². The predicted molar refractivity (Wildman–Crippen MR) is 160 cm³/mol. The number of nitrogens with zero attached hydrogens (tertiary/aromatic N) is 4. The van der Waals surface area contributed by atoms with Crippen molar-refractivity contribution < 1.29 is 26.4 Å². The molecule has 1 amide bonds. The van der Waals surface area contributed by atoms with Gasteiger partial charge in [0, 0.05) is 51.6 Å². The lowest BCUT2D eigenvalue weighted by Crippen LogP contribution is -2.43. The van der Waals surface area contributed by atoms with Gasteiger partial charge in [0.2, 0.25) is 10.0 Å². The van der Waals surface area contributed by atoms with Gasteiger partial charge in [0.05, 0.1) is 27.7 Å². The summed E-state index contributed by atoms with van der Waals surface area (Å²) >= 11 is 1.25. The van der Waals surface area contributed by atoms with Crippen molar-refractivity contribution in [3.63, 3.8) is 0 Å². The summed E-state index contributed by atoms with van der Waals surface area (Å²) in [7, 11) is -5.63.